The Balaban J connectivity index is 1.37. The first kappa shape index (κ1) is 25.6. The van der Waals surface area contributed by atoms with Gasteiger partial charge in [-0.05, 0) is 73.4 Å². The second-order valence-corrected chi connectivity index (χ2v) is 10.7. The molecule has 0 radical (unpaired) electrons. The molecule has 5 heteroatoms. The number of benzene rings is 4. The molecule has 190 valence electrons. The molecule has 4 nitrogen and oxygen atoms in total. The predicted octanol–water partition coefficient (Wildman–Crippen LogP) is 7.47. The fourth-order valence-electron chi connectivity index (χ4n) is 4.55. The lowest BCUT2D eigenvalue weighted by Crippen LogP contribution is -2.34. The highest BCUT2D eigenvalue weighted by Gasteiger charge is 2.29. The van der Waals surface area contributed by atoms with E-state index in [2.05, 4.69) is 43.4 Å². The molecule has 0 bridgehead atoms. The van der Waals surface area contributed by atoms with E-state index in [9.17, 15) is 9.59 Å². The van der Waals surface area contributed by atoms with Gasteiger partial charge in [-0.15, -0.1) is 0 Å². The zero-order chi connectivity index (χ0) is 26.6. The second kappa shape index (κ2) is 11.1. The minimum atomic E-state index is -0.127. The van der Waals surface area contributed by atoms with Crippen molar-refractivity contribution in [2.24, 2.45) is 0 Å². The summed E-state index contributed by atoms with van der Waals surface area (Å²) in [7, 11) is 0. The van der Waals surface area contributed by atoms with Gasteiger partial charge in [0.1, 0.15) is 0 Å². The Morgan fingerprint density at radius 3 is 2.39 bits per heavy atom. The van der Waals surface area contributed by atoms with Gasteiger partial charge >= 0.3 is 0 Å². The van der Waals surface area contributed by atoms with Crippen LogP contribution in [0.1, 0.15) is 51.1 Å². The van der Waals surface area contributed by atoms with Crippen LogP contribution < -0.4 is 10.2 Å². The van der Waals surface area contributed by atoms with Crippen LogP contribution in [0.4, 0.5) is 5.69 Å². The first-order valence-corrected chi connectivity index (χ1v) is 13.5. The molecule has 4 aromatic carbocycles. The van der Waals surface area contributed by atoms with Crippen LogP contribution in [0.5, 0.6) is 0 Å². The number of hydrogen-bond donors (Lipinski definition) is 1. The van der Waals surface area contributed by atoms with Crippen LogP contribution in [0, 0.1) is 13.8 Å². The summed E-state index contributed by atoms with van der Waals surface area (Å²) in [6.07, 6.45) is 1.91. The predicted molar refractivity (Wildman–Crippen MR) is 156 cm³/mol. The Hall–Kier alpha value is -4.09. The smallest absolute Gasteiger partial charge is 0.265 e. The van der Waals surface area contributed by atoms with Crippen molar-refractivity contribution in [1.82, 2.24) is 5.32 Å². The molecular formula is C33H30N2O2S. The topological polar surface area (TPSA) is 49.4 Å². The van der Waals surface area contributed by atoms with Gasteiger partial charge in [0.25, 0.3) is 11.8 Å². The SMILES string of the molecule is Cc1ccc(C)c(CN2C(=O)/C(=C/c3ccc(C(=O)N[C@@H](C)c4ccccc4)cc3)Sc3ccccc32)c1. The number of thioether (sulfide) groups is 1. The lowest BCUT2D eigenvalue weighted by Gasteiger charge is -2.31. The lowest BCUT2D eigenvalue weighted by molar-refractivity contribution is -0.114. The highest BCUT2D eigenvalue weighted by atomic mass is 32.2. The number of carbonyl (C=O) groups excluding carboxylic acids is 2. The third kappa shape index (κ3) is 5.58. The third-order valence-corrected chi connectivity index (χ3v) is 7.86. The van der Waals surface area contributed by atoms with E-state index in [1.54, 1.807) is 12.1 Å². The third-order valence-electron chi connectivity index (χ3n) is 6.78. The van der Waals surface area contributed by atoms with Crippen LogP contribution in [0.15, 0.2) is 107 Å². The van der Waals surface area contributed by atoms with Gasteiger partial charge in [-0.3, -0.25) is 9.59 Å². The largest absolute Gasteiger partial charge is 0.346 e. The number of fused-ring (bicyclic) bond motifs is 1. The van der Waals surface area contributed by atoms with Crippen molar-refractivity contribution in [1.29, 1.82) is 0 Å². The highest BCUT2D eigenvalue weighted by molar-refractivity contribution is 8.04. The van der Waals surface area contributed by atoms with E-state index in [4.69, 9.17) is 0 Å². The monoisotopic (exact) mass is 518 g/mol. The molecule has 5 rings (SSSR count). The van der Waals surface area contributed by atoms with E-state index in [0.29, 0.717) is 17.0 Å². The van der Waals surface area contributed by atoms with Crippen molar-refractivity contribution in [3.8, 4) is 0 Å². The summed E-state index contributed by atoms with van der Waals surface area (Å²) in [6, 6.07) is 31.6. The molecule has 1 aliphatic heterocycles. The van der Waals surface area contributed by atoms with E-state index in [-0.39, 0.29) is 17.9 Å². The molecule has 0 saturated carbocycles. The van der Waals surface area contributed by atoms with Crippen LogP contribution in [0.3, 0.4) is 0 Å². The summed E-state index contributed by atoms with van der Waals surface area (Å²) < 4.78 is 0. The number of aryl methyl sites for hydroxylation is 2. The van der Waals surface area contributed by atoms with Crippen LogP contribution in [0.2, 0.25) is 0 Å². The first-order valence-electron chi connectivity index (χ1n) is 12.7. The van der Waals surface area contributed by atoms with Crippen molar-refractivity contribution in [3.05, 3.63) is 135 Å². The zero-order valence-electron chi connectivity index (χ0n) is 21.8. The highest BCUT2D eigenvalue weighted by Crippen LogP contribution is 2.42. The molecule has 1 aliphatic rings. The van der Waals surface area contributed by atoms with Gasteiger partial charge in [-0.2, -0.15) is 0 Å². The summed E-state index contributed by atoms with van der Waals surface area (Å²) >= 11 is 1.49. The molecule has 0 unspecified atom stereocenters. The molecule has 1 atom stereocenters. The first-order chi connectivity index (χ1) is 18.4. The average Bonchev–Trinajstić information content (AvgIpc) is 2.93. The Morgan fingerprint density at radius 2 is 1.63 bits per heavy atom. The molecule has 0 aliphatic carbocycles. The Morgan fingerprint density at radius 1 is 0.921 bits per heavy atom. The lowest BCUT2D eigenvalue weighted by atomic mass is 10.0. The summed E-state index contributed by atoms with van der Waals surface area (Å²) in [5, 5.41) is 3.05. The fraction of sp³-hybridized carbons (Fsp3) is 0.152. The van der Waals surface area contributed by atoms with Gasteiger partial charge in [0, 0.05) is 10.5 Å². The molecule has 4 aromatic rings. The van der Waals surface area contributed by atoms with E-state index in [1.165, 1.54) is 22.9 Å². The quantitative estimate of drug-likeness (QED) is 0.269. The number of amides is 2. The van der Waals surface area contributed by atoms with E-state index in [0.717, 1.165) is 27.3 Å². The molecule has 2 amide bonds. The Kier molecular flexibility index (Phi) is 7.47. The minimum absolute atomic E-state index is 0.0203. The van der Waals surface area contributed by atoms with Crippen molar-refractivity contribution in [3.63, 3.8) is 0 Å². The van der Waals surface area contributed by atoms with Crippen LogP contribution in [-0.4, -0.2) is 11.8 Å². The summed E-state index contributed by atoms with van der Waals surface area (Å²) in [4.78, 5) is 30.1. The summed E-state index contributed by atoms with van der Waals surface area (Å²) in [5.74, 6) is -0.148. The molecular weight excluding hydrogens is 488 g/mol. The summed E-state index contributed by atoms with van der Waals surface area (Å²) in [5.41, 5.74) is 6.93. The second-order valence-electron chi connectivity index (χ2n) is 9.63. The number of nitrogens with one attached hydrogen (secondary N) is 1. The van der Waals surface area contributed by atoms with Crippen molar-refractivity contribution >= 4 is 35.3 Å². The Bertz CT molecular complexity index is 1510. The van der Waals surface area contributed by atoms with Gasteiger partial charge in [0.2, 0.25) is 0 Å². The molecule has 0 saturated heterocycles. The molecule has 0 fully saturated rings. The van der Waals surface area contributed by atoms with Crippen LogP contribution in [-0.2, 0) is 11.3 Å². The number of para-hydroxylation sites is 1. The molecule has 1 N–H and O–H groups in total. The standard InChI is InChI=1S/C33H30N2O2S/c1-22-13-14-23(2)28(19-22)21-35-29-11-7-8-12-30(29)38-31(33(35)37)20-25-15-17-27(18-16-25)32(36)34-24(3)26-9-5-4-6-10-26/h4-20,24H,21H2,1-3H3,(H,34,36)/b31-20-/t24-/m0/s1. The van der Waals surface area contributed by atoms with E-state index < -0.39 is 0 Å². The van der Waals surface area contributed by atoms with E-state index >= 15 is 0 Å². The number of rotatable bonds is 6. The fourth-order valence-corrected chi connectivity index (χ4v) is 5.61. The maximum atomic E-state index is 13.7. The average molecular weight is 519 g/mol. The zero-order valence-corrected chi connectivity index (χ0v) is 22.6. The van der Waals surface area contributed by atoms with Gasteiger partial charge in [0.15, 0.2) is 0 Å². The van der Waals surface area contributed by atoms with Crippen molar-refractivity contribution in [2.45, 2.75) is 38.3 Å². The minimum Gasteiger partial charge on any atom is -0.346 e. The van der Waals surface area contributed by atoms with Gasteiger partial charge in [0.05, 0.1) is 23.2 Å². The molecule has 0 aromatic heterocycles. The maximum Gasteiger partial charge on any atom is 0.265 e. The van der Waals surface area contributed by atoms with Crippen LogP contribution >= 0.6 is 11.8 Å². The number of anilines is 1. The number of hydrogen-bond acceptors (Lipinski definition) is 3. The number of nitrogens with zero attached hydrogens (tertiary/aromatic N) is 1. The van der Waals surface area contributed by atoms with E-state index in [1.807, 2.05) is 78.6 Å². The van der Waals surface area contributed by atoms with Gasteiger partial charge in [-0.25, -0.2) is 0 Å². The Labute approximate surface area is 228 Å². The normalized spacial score (nSPS) is 14.8. The summed E-state index contributed by atoms with van der Waals surface area (Å²) in [6.45, 7) is 6.64. The molecule has 38 heavy (non-hydrogen) atoms. The molecule has 0 spiro atoms. The van der Waals surface area contributed by atoms with Crippen molar-refractivity contribution in [2.75, 3.05) is 4.90 Å². The van der Waals surface area contributed by atoms with Gasteiger partial charge in [-0.1, -0.05) is 90.1 Å². The van der Waals surface area contributed by atoms with Gasteiger partial charge < -0.3 is 10.2 Å². The van der Waals surface area contributed by atoms with Crippen molar-refractivity contribution < 1.29 is 9.59 Å². The van der Waals surface area contributed by atoms with Crippen LogP contribution in [0.25, 0.3) is 6.08 Å². The maximum absolute atomic E-state index is 13.7. The number of carbonyl (C=O) groups is 2. The molecule has 1 heterocycles.